The van der Waals surface area contributed by atoms with Gasteiger partial charge in [-0.05, 0) is 13.0 Å². The smallest absolute Gasteiger partial charge is 0.328 e. The molecular formula is C12H12N4O3S. The minimum atomic E-state index is -1.03. The third-order valence-electron chi connectivity index (χ3n) is 2.61. The lowest BCUT2D eigenvalue weighted by Crippen LogP contribution is -2.12. The average molecular weight is 292 g/mol. The van der Waals surface area contributed by atoms with Gasteiger partial charge < -0.3 is 5.11 Å². The molecule has 0 aromatic carbocycles. The molecule has 2 rings (SSSR count). The minimum Gasteiger partial charge on any atom is -0.478 e. The van der Waals surface area contributed by atoms with E-state index in [9.17, 15) is 9.59 Å². The van der Waals surface area contributed by atoms with Crippen molar-refractivity contribution in [3.8, 4) is 0 Å². The Hall–Kier alpha value is -2.48. The van der Waals surface area contributed by atoms with E-state index in [1.165, 1.54) is 29.8 Å². The number of carboxylic acid groups (broad SMARTS) is 1. The predicted molar refractivity (Wildman–Crippen MR) is 74.7 cm³/mol. The molecule has 0 bridgehead atoms. The number of hydrogen-bond acceptors (Lipinski definition) is 5. The summed E-state index contributed by atoms with van der Waals surface area (Å²) in [5.41, 5.74) is 1.23. The van der Waals surface area contributed by atoms with Gasteiger partial charge >= 0.3 is 5.97 Å². The van der Waals surface area contributed by atoms with E-state index in [-0.39, 0.29) is 5.91 Å². The standard InChI is InChI=1S/C12H12N4O3S/c1-7-9(6-14-16(7)2)11(19)15-12-13-5-8(20-12)3-4-10(17)18/h3-6H,1-2H3,(H,17,18)(H,13,15,19). The zero-order valence-electron chi connectivity index (χ0n) is 10.8. The van der Waals surface area contributed by atoms with E-state index in [0.717, 1.165) is 11.8 Å². The fourth-order valence-electron chi connectivity index (χ4n) is 1.46. The molecule has 2 N–H and O–H groups in total. The molecule has 2 aromatic rings. The number of carbonyl (C=O) groups excluding carboxylic acids is 1. The van der Waals surface area contributed by atoms with Crippen LogP contribution >= 0.6 is 11.3 Å². The molecule has 0 aliphatic rings. The van der Waals surface area contributed by atoms with Crippen molar-refractivity contribution < 1.29 is 14.7 Å². The molecule has 7 nitrogen and oxygen atoms in total. The summed E-state index contributed by atoms with van der Waals surface area (Å²) in [4.78, 5) is 27.1. The van der Waals surface area contributed by atoms with Gasteiger partial charge in [0.25, 0.3) is 5.91 Å². The summed E-state index contributed by atoms with van der Waals surface area (Å²) < 4.78 is 1.61. The Morgan fingerprint density at radius 2 is 2.20 bits per heavy atom. The molecule has 1 amide bonds. The van der Waals surface area contributed by atoms with Crippen LogP contribution in [0.3, 0.4) is 0 Å². The summed E-state index contributed by atoms with van der Waals surface area (Å²) in [6.07, 6.45) is 5.43. The Bertz CT molecular complexity index is 687. The second-order valence-corrected chi connectivity index (χ2v) is 5.02. The summed E-state index contributed by atoms with van der Waals surface area (Å²) in [6, 6.07) is 0. The first kappa shape index (κ1) is 13.9. The first-order valence-electron chi connectivity index (χ1n) is 5.64. The lowest BCUT2D eigenvalue weighted by molar-refractivity contribution is -0.131. The van der Waals surface area contributed by atoms with Crippen molar-refractivity contribution in [2.45, 2.75) is 6.92 Å². The number of nitrogens with one attached hydrogen (secondary N) is 1. The number of aromatic nitrogens is 3. The van der Waals surface area contributed by atoms with Gasteiger partial charge in [0.2, 0.25) is 0 Å². The van der Waals surface area contributed by atoms with Crippen LogP contribution in [-0.4, -0.2) is 31.7 Å². The van der Waals surface area contributed by atoms with Gasteiger partial charge in [0, 0.05) is 29.9 Å². The number of carbonyl (C=O) groups is 2. The highest BCUT2D eigenvalue weighted by molar-refractivity contribution is 7.16. The third kappa shape index (κ3) is 3.09. The van der Waals surface area contributed by atoms with Gasteiger partial charge in [-0.1, -0.05) is 11.3 Å². The van der Waals surface area contributed by atoms with Crippen LogP contribution in [0.25, 0.3) is 6.08 Å². The maximum Gasteiger partial charge on any atom is 0.328 e. The van der Waals surface area contributed by atoms with Gasteiger partial charge in [-0.2, -0.15) is 5.10 Å². The third-order valence-corrected chi connectivity index (χ3v) is 3.49. The summed E-state index contributed by atoms with van der Waals surface area (Å²) >= 11 is 1.19. The molecule has 104 valence electrons. The van der Waals surface area contributed by atoms with Crippen molar-refractivity contribution in [2.24, 2.45) is 7.05 Å². The van der Waals surface area contributed by atoms with Crippen molar-refractivity contribution in [3.63, 3.8) is 0 Å². The first-order chi connectivity index (χ1) is 9.47. The van der Waals surface area contributed by atoms with Crippen LogP contribution in [0, 0.1) is 6.92 Å². The number of carboxylic acids is 1. The highest BCUT2D eigenvalue weighted by atomic mass is 32.1. The zero-order valence-corrected chi connectivity index (χ0v) is 11.6. The Kier molecular flexibility index (Phi) is 3.94. The van der Waals surface area contributed by atoms with Gasteiger partial charge in [0.15, 0.2) is 5.13 Å². The van der Waals surface area contributed by atoms with Crippen LogP contribution in [0.15, 0.2) is 18.5 Å². The topological polar surface area (TPSA) is 97.1 Å². The van der Waals surface area contributed by atoms with Crippen LogP contribution in [0.5, 0.6) is 0 Å². The summed E-state index contributed by atoms with van der Waals surface area (Å²) in [5.74, 6) is -1.33. The predicted octanol–water partition coefficient (Wildman–Crippen LogP) is 1.54. The van der Waals surface area contributed by atoms with E-state index in [2.05, 4.69) is 15.4 Å². The van der Waals surface area contributed by atoms with Crippen molar-refractivity contribution in [1.82, 2.24) is 14.8 Å². The van der Waals surface area contributed by atoms with E-state index >= 15 is 0 Å². The molecule has 0 aliphatic heterocycles. The molecule has 0 spiro atoms. The van der Waals surface area contributed by atoms with Crippen LogP contribution in [0.2, 0.25) is 0 Å². The Morgan fingerprint density at radius 3 is 2.80 bits per heavy atom. The molecule has 0 unspecified atom stereocenters. The fraction of sp³-hybridized carbons (Fsp3) is 0.167. The average Bonchev–Trinajstić information content (AvgIpc) is 2.95. The zero-order chi connectivity index (χ0) is 14.7. The van der Waals surface area contributed by atoms with Crippen molar-refractivity contribution in [2.75, 3.05) is 5.32 Å². The summed E-state index contributed by atoms with van der Waals surface area (Å²) in [7, 11) is 1.75. The molecular weight excluding hydrogens is 280 g/mol. The second-order valence-electron chi connectivity index (χ2n) is 3.96. The first-order valence-corrected chi connectivity index (χ1v) is 6.46. The maximum atomic E-state index is 12.0. The lowest BCUT2D eigenvalue weighted by Gasteiger charge is -2.00. The normalized spacial score (nSPS) is 10.9. The van der Waals surface area contributed by atoms with E-state index in [4.69, 9.17) is 5.11 Å². The lowest BCUT2D eigenvalue weighted by atomic mass is 10.2. The maximum absolute atomic E-state index is 12.0. The monoisotopic (exact) mass is 292 g/mol. The molecule has 2 heterocycles. The number of anilines is 1. The highest BCUT2D eigenvalue weighted by Crippen LogP contribution is 2.20. The van der Waals surface area contributed by atoms with Crippen molar-refractivity contribution in [3.05, 3.63) is 34.6 Å². The second kappa shape index (κ2) is 5.66. The molecule has 0 radical (unpaired) electrons. The molecule has 8 heteroatoms. The van der Waals surface area contributed by atoms with E-state index < -0.39 is 5.97 Å². The van der Waals surface area contributed by atoms with Crippen molar-refractivity contribution >= 4 is 34.4 Å². The summed E-state index contributed by atoms with van der Waals surface area (Å²) in [6.45, 7) is 1.80. The molecule has 20 heavy (non-hydrogen) atoms. The fourth-order valence-corrected chi connectivity index (χ4v) is 2.17. The van der Waals surface area contributed by atoms with Gasteiger partial charge in [-0.25, -0.2) is 9.78 Å². The Labute approximate surface area is 118 Å². The van der Waals surface area contributed by atoms with Gasteiger partial charge in [0.1, 0.15) is 0 Å². The van der Waals surface area contributed by atoms with Gasteiger partial charge in [-0.3, -0.25) is 14.8 Å². The van der Waals surface area contributed by atoms with Gasteiger partial charge in [0.05, 0.1) is 11.8 Å². The summed E-state index contributed by atoms with van der Waals surface area (Å²) in [5, 5.41) is 15.6. The van der Waals surface area contributed by atoms with Crippen LogP contribution in [-0.2, 0) is 11.8 Å². The van der Waals surface area contributed by atoms with Crippen LogP contribution < -0.4 is 5.32 Å². The number of nitrogens with zero attached hydrogens (tertiary/aromatic N) is 3. The highest BCUT2D eigenvalue weighted by Gasteiger charge is 2.14. The molecule has 2 aromatic heterocycles. The number of aliphatic carboxylic acids is 1. The number of rotatable bonds is 4. The number of hydrogen-bond donors (Lipinski definition) is 2. The SMILES string of the molecule is Cc1c(C(=O)Nc2ncc(C=CC(=O)O)s2)cnn1C. The van der Waals surface area contributed by atoms with Crippen LogP contribution in [0.1, 0.15) is 20.9 Å². The minimum absolute atomic E-state index is 0.293. The van der Waals surface area contributed by atoms with Gasteiger partial charge in [-0.15, -0.1) is 0 Å². The van der Waals surface area contributed by atoms with Crippen LogP contribution in [0.4, 0.5) is 5.13 Å². The van der Waals surface area contributed by atoms with E-state index in [1.54, 1.807) is 18.7 Å². The quantitative estimate of drug-likeness (QED) is 0.833. The largest absolute Gasteiger partial charge is 0.478 e. The molecule has 0 atom stereocenters. The molecule has 0 aliphatic carbocycles. The van der Waals surface area contributed by atoms with Crippen molar-refractivity contribution in [1.29, 1.82) is 0 Å². The van der Waals surface area contributed by atoms with E-state index in [1.807, 2.05) is 0 Å². The number of thiazole rings is 1. The Balaban J connectivity index is 2.09. The molecule has 0 fully saturated rings. The van der Waals surface area contributed by atoms with E-state index in [0.29, 0.717) is 15.6 Å². The Morgan fingerprint density at radius 1 is 1.45 bits per heavy atom. The number of amides is 1. The molecule has 0 saturated carbocycles. The molecule has 0 saturated heterocycles. The number of aryl methyl sites for hydroxylation is 1.